The monoisotopic (exact) mass is 585 g/mol. The fourth-order valence-electron chi connectivity index (χ4n) is 4.22. The third-order valence-corrected chi connectivity index (χ3v) is 7.78. The summed E-state index contributed by atoms with van der Waals surface area (Å²) in [5, 5.41) is 22.0. The molecule has 0 bridgehead atoms. The van der Waals surface area contributed by atoms with Gasteiger partial charge in [-0.15, -0.1) is 6.58 Å². The van der Waals surface area contributed by atoms with Gasteiger partial charge in [0.25, 0.3) is 0 Å². The first kappa shape index (κ1) is 28.3. The highest BCUT2D eigenvalue weighted by molar-refractivity contribution is 7.49. The lowest BCUT2D eigenvalue weighted by Crippen LogP contribution is -2.45. The van der Waals surface area contributed by atoms with Crippen molar-refractivity contribution in [1.29, 1.82) is 0 Å². The fraction of sp³-hybridized carbons (Fsp3) is 0.269. The second kappa shape index (κ2) is 11.4. The maximum Gasteiger partial charge on any atom is 0.587 e. The number of imidazole rings is 1. The molecule has 0 aliphatic carbocycles. The van der Waals surface area contributed by atoms with Gasteiger partial charge in [0, 0.05) is 0 Å². The Morgan fingerprint density at radius 1 is 1.00 bits per heavy atom. The highest BCUT2D eigenvalue weighted by Crippen LogP contribution is 2.52. The van der Waals surface area contributed by atoms with E-state index in [-0.39, 0.29) is 28.5 Å². The molecule has 3 heterocycles. The SMILES string of the molecule is C=C[C@]1(COP(=O)(Oc2ccc(OC)cc2)Oc2ccc(OC)cc2)O[C@@H](n2cnc3c(N)ncnc32)[C@H](O)[C@@H]1O. The molecule has 216 valence electrons. The second-order valence-electron chi connectivity index (χ2n) is 8.94. The van der Waals surface area contributed by atoms with Crippen LogP contribution in [0.5, 0.6) is 23.0 Å². The lowest BCUT2D eigenvalue weighted by atomic mass is 9.96. The first-order chi connectivity index (χ1) is 19.7. The van der Waals surface area contributed by atoms with Crippen LogP contribution in [0.3, 0.4) is 0 Å². The van der Waals surface area contributed by atoms with Crippen LogP contribution < -0.4 is 24.3 Å². The van der Waals surface area contributed by atoms with E-state index in [1.807, 2.05) is 0 Å². The van der Waals surface area contributed by atoms with E-state index in [0.29, 0.717) is 11.5 Å². The van der Waals surface area contributed by atoms with Crippen molar-refractivity contribution in [2.24, 2.45) is 0 Å². The van der Waals surface area contributed by atoms with Gasteiger partial charge in [-0.05, 0) is 48.5 Å². The lowest BCUT2D eigenvalue weighted by molar-refractivity contribution is -0.0947. The summed E-state index contributed by atoms with van der Waals surface area (Å²) in [6, 6.07) is 12.5. The number of fused-ring (bicyclic) bond motifs is 1. The molecule has 15 heteroatoms. The minimum atomic E-state index is -4.45. The van der Waals surface area contributed by atoms with Crippen molar-refractivity contribution in [3.8, 4) is 23.0 Å². The Bertz CT molecular complexity index is 1510. The van der Waals surface area contributed by atoms with Crippen LogP contribution in [0.25, 0.3) is 11.2 Å². The summed E-state index contributed by atoms with van der Waals surface area (Å²) in [5.74, 6) is 1.55. The van der Waals surface area contributed by atoms with Crippen LogP contribution in [0.1, 0.15) is 6.23 Å². The number of benzene rings is 2. The molecule has 0 spiro atoms. The Balaban J connectivity index is 1.42. The van der Waals surface area contributed by atoms with Crippen molar-refractivity contribution in [1.82, 2.24) is 19.5 Å². The Morgan fingerprint density at radius 3 is 2.10 bits per heavy atom. The average Bonchev–Trinajstić information content (AvgIpc) is 3.53. The van der Waals surface area contributed by atoms with E-state index in [0.717, 1.165) is 0 Å². The van der Waals surface area contributed by atoms with E-state index in [2.05, 4.69) is 21.5 Å². The number of methoxy groups -OCH3 is 2. The molecule has 4 aromatic rings. The van der Waals surface area contributed by atoms with Gasteiger partial charge < -0.3 is 39.2 Å². The molecule has 4 atom stereocenters. The van der Waals surface area contributed by atoms with E-state index in [9.17, 15) is 14.8 Å². The number of phosphoric acid groups is 1. The molecule has 0 saturated carbocycles. The Labute approximate surface area is 234 Å². The van der Waals surface area contributed by atoms with Crippen molar-refractivity contribution < 1.29 is 42.6 Å². The van der Waals surface area contributed by atoms with Crippen LogP contribution in [-0.2, 0) is 13.8 Å². The molecule has 0 radical (unpaired) electrons. The van der Waals surface area contributed by atoms with E-state index >= 15 is 0 Å². The number of aromatic nitrogens is 4. The van der Waals surface area contributed by atoms with Crippen molar-refractivity contribution in [3.63, 3.8) is 0 Å². The summed E-state index contributed by atoms with van der Waals surface area (Å²) < 4.78 is 48.9. The van der Waals surface area contributed by atoms with E-state index in [1.54, 1.807) is 24.3 Å². The predicted octanol–water partition coefficient (Wildman–Crippen LogP) is 2.88. The Hall–Kier alpha value is -4.20. The maximum absolute atomic E-state index is 14.0. The van der Waals surface area contributed by atoms with Crippen LogP contribution >= 0.6 is 7.82 Å². The summed E-state index contributed by atoms with van der Waals surface area (Å²) in [7, 11) is -1.43. The largest absolute Gasteiger partial charge is 0.587 e. The number of aliphatic hydroxyl groups excluding tert-OH is 2. The Morgan fingerprint density at radius 2 is 1.56 bits per heavy atom. The molecule has 2 aromatic carbocycles. The number of nitrogens with zero attached hydrogens (tertiary/aromatic N) is 4. The van der Waals surface area contributed by atoms with Gasteiger partial charge in [-0.25, -0.2) is 19.5 Å². The van der Waals surface area contributed by atoms with E-state index in [1.165, 1.54) is 61.8 Å². The summed E-state index contributed by atoms with van der Waals surface area (Å²) in [6.45, 7) is 3.17. The summed E-state index contributed by atoms with van der Waals surface area (Å²) in [6.07, 6.45) is -0.419. The minimum Gasteiger partial charge on any atom is -0.497 e. The number of anilines is 1. The van der Waals surface area contributed by atoms with Crippen LogP contribution in [0.4, 0.5) is 5.82 Å². The summed E-state index contributed by atoms with van der Waals surface area (Å²) in [5.41, 5.74) is 4.68. The molecule has 0 unspecified atom stereocenters. The van der Waals surface area contributed by atoms with Crippen molar-refractivity contribution in [2.45, 2.75) is 24.0 Å². The third kappa shape index (κ3) is 5.56. The number of rotatable bonds is 11. The number of ether oxygens (including phenoxy) is 3. The van der Waals surface area contributed by atoms with Gasteiger partial charge in [0.15, 0.2) is 17.7 Å². The lowest BCUT2D eigenvalue weighted by Gasteiger charge is -2.29. The number of nitrogens with two attached hydrogens (primary N) is 1. The Kier molecular flexibility index (Phi) is 7.84. The highest BCUT2D eigenvalue weighted by Gasteiger charge is 2.55. The molecule has 1 aliphatic heterocycles. The van der Waals surface area contributed by atoms with Gasteiger partial charge in [0.05, 0.1) is 27.2 Å². The van der Waals surface area contributed by atoms with Crippen LogP contribution in [-0.4, -0.2) is 68.4 Å². The minimum absolute atomic E-state index is 0.132. The number of nitrogen functional groups attached to an aromatic ring is 1. The molecule has 5 rings (SSSR count). The molecule has 2 aromatic heterocycles. The molecular weight excluding hydrogens is 557 g/mol. The molecule has 41 heavy (non-hydrogen) atoms. The molecule has 4 N–H and O–H groups in total. The van der Waals surface area contributed by atoms with Crippen molar-refractivity contribution in [3.05, 3.63) is 73.8 Å². The van der Waals surface area contributed by atoms with Gasteiger partial charge in [-0.2, -0.15) is 0 Å². The molecule has 14 nitrogen and oxygen atoms in total. The van der Waals surface area contributed by atoms with Gasteiger partial charge in [0.1, 0.15) is 52.7 Å². The normalized spacial score (nSPS) is 22.4. The second-order valence-corrected chi connectivity index (χ2v) is 10.5. The molecular formula is C26H28N5O9P. The first-order valence-corrected chi connectivity index (χ1v) is 13.7. The van der Waals surface area contributed by atoms with Crippen molar-refractivity contribution >= 4 is 24.8 Å². The highest BCUT2D eigenvalue weighted by atomic mass is 31.2. The topological polar surface area (TPSA) is 183 Å². The third-order valence-electron chi connectivity index (χ3n) is 6.46. The predicted molar refractivity (Wildman–Crippen MR) is 146 cm³/mol. The quantitative estimate of drug-likeness (QED) is 0.173. The van der Waals surface area contributed by atoms with E-state index in [4.69, 9.17) is 33.5 Å². The number of phosphoric ester groups is 1. The molecule has 1 aliphatic rings. The van der Waals surface area contributed by atoms with Gasteiger partial charge in [-0.1, -0.05) is 6.08 Å². The maximum atomic E-state index is 14.0. The summed E-state index contributed by atoms with van der Waals surface area (Å²) >= 11 is 0. The smallest absolute Gasteiger partial charge is 0.497 e. The van der Waals surface area contributed by atoms with Crippen molar-refractivity contribution in [2.75, 3.05) is 26.6 Å². The van der Waals surface area contributed by atoms with Crippen LogP contribution in [0.15, 0.2) is 73.8 Å². The van der Waals surface area contributed by atoms with Gasteiger partial charge in [-0.3, -0.25) is 9.09 Å². The average molecular weight is 586 g/mol. The number of aliphatic hydroxyl groups is 2. The zero-order chi connectivity index (χ0) is 29.2. The molecule has 1 fully saturated rings. The van der Waals surface area contributed by atoms with Gasteiger partial charge >= 0.3 is 7.82 Å². The summed E-state index contributed by atoms with van der Waals surface area (Å²) in [4.78, 5) is 12.2. The number of hydrogen-bond acceptors (Lipinski definition) is 13. The van der Waals surface area contributed by atoms with Gasteiger partial charge in [0.2, 0.25) is 0 Å². The zero-order valence-electron chi connectivity index (χ0n) is 22.1. The standard InChI is InChI=1S/C26H28N5O9P/c1-4-26(22(33)21(32)25(38-26)31-15-30-20-23(27)28-14-29-24(20)31)13-37-41(34,39-18-9-5-16(35-2)6-10-18)40-19-11-7-17(36-3)8-12-19/h4-12,14-15,21-22,25,32-33H,1,13H2,2-3H3,(H2,27,28,29)/t21-,22+,25-,26-/m1/s1. The molecule has 0 amide bonds. The van der Waals surface area contributed by atoms with Crippen LogP contribution in [0, 0.1) is 0 Å². The van der Waals surface area contributed by atoms with Crippen LogP contribution in [0.2, 0.25) is 0 Å². The fourth-order valence-corrected chi connectivity index (χ4v) is 5.48. The molecule has 1 saturated heterocycles. The van der Waals surface area contributed by atoms with E-state index < -0.39 is 38.5 Å². The zero-order valence-corrected chi connectivity index (χ0v) is 23.0. The number of hydrogen-bond donors (Lipinski definition) is 3. The first-order valence-electron chi connectivity index (χ1n) is 12.2.